The van der Waals surface area contributed by atoms with Gasteiger partial charge in [0, 0.05) is 25.5 Å². The van der Waals surface area contributed by atoms with E-state index in [0.717, 1.165) is 12.2 Å². The summed E-state index contributed by atoms with van der Waals surface area (Å²) in [6, 6.07) is 7.22. The summed E-state index contributed by atoms with van der Waals surface area (Å²) in [6.07, 6.45) is 3.05. The van der Waals surface area contributed by atoms with Gasteiger partial charge in [-0.25, -0.2) is 9.97 Å². The van der Waals surface area contributed by atoms with E-state index in [9.17, 15) is 4.79 Å². The number of carbonyl (C=O) groups excluding carboxylic acids is 1. The highest BCUT2D eigenvalue weighted by molar-refractivity contribution is 5.92. The maximum absolute atomic E-state index is 12.5. The number of pyridine rings is 1. The van der Waals surface area contributed by atoms with Gasteiger partial charge < -0.3 is 14.5 Å². The molecule has 24 heavy (non-hydrogen) atoms. The average Bonchev–Trinajstić information content (AvgIpc) is 2.62. The van der Waals surface area contributed by atoms with Crippen LogP contribution < -0.4 is 0 Å². The van der Waals surface area contributed by atoms with Crippen LogP contribution in [0.1, 0.15) is 28.1 Å². The van der Waals surface area contributed by atoms with Crippen LogP contribution in [0.15, 0.2) is 36.7 Å². The van der Waals surface area contributed by atoms with E-state index in [1.54, 1.807) is 29.4 Å². The van der Waals surface area contributed by atoms with Crippen LogP contribution in [-0.4, -0.2) is 64.5 Å². The molecule has 3 heterocycles. The van der Waals surface area contributed by atoms with Crippen molar-refractivity contribution in [1.29, 1.82) is 0 Å². The zero-order valence-electron chi connectivity index (χ0n) is 13.9. The number of hydrogen-bond acceptors (Lipinski definition) is 6. The molecule has 0 unspecified atom stereocenters. The summed E-state index contributed by atoms with van der Waals surface area (Å²) < 4.78 is 5.79. The topological polar surface area (TPSA) is 71.5 Å². The number of ether oxygens (including phenoxy) is 1. The van der Waals surface area contributed by atoms with Gasteiger partial charge in [0.25, 0.3) is 5.91 Å². The fourth-order valence-electron chi connectivity index (χ4n) is 2.62. The van der Waals surface area contributed by atoms with Gasteiger partial charge in [-0.05, 0) is 32.3 Å². The second kappa shape index (κ2) is 7.46. The summed E-state index contributed by atoms with van der Waals surface area (Å²) in [5.41, 5.74) is 1.38. The van der Waals surface area contributed by atoms with Crippen molar-refractivity contribution in [1.82, 2.24) is 24.8 Å². The third kappa shape index (κ3) is 3.93. The lowest BCUT2D eigenvalue weighted by Crippen LogP contribution is -2.43. The number of aromatic nitrogens is 3. The Balaban J connectivity index is 1.73. The van der Waals surface area contributed by atoms with Crippen LogP contribution in [0.3, 0.4) is 0 Å². The van der Waals surface area contributed by atoms with E-state index in [1.807, 2.05) is 31.1 Å². The van der Waals surface area contributed by atoms with Crippen LogP contribution in [-0.2, 0) is 11.3 Å². The molecule has 1 saturated heterocycles. The Morgan fingerprint density at radius 1 is 1.29 bits per heavy atom. The van der Waals surface area contributed by atoms with E-state index in [2.05, 4.69) is 15.0 Å². The predicted molar refractivity (Wildman–Crippen MR) is 88.3 cm³/mol. The van der Waals surface area contributed by atoms with Crippen LogP contribution in [0, 0.1) is 0 Å². The fraction of sp³-hybridized carbons (Fsp3) is 0.412. The van der Waals surface area contributed by atoms with E-state index >= 15 is 0 Å². The second-order valence-corrected chi connectivity index (χ2v) is 5.97. The minimum absolute atomic E-state index is 0.0895. The molecule has 7 heteroatoms. The van der Waals surface area contributed by atoms with Crippen molar-refractivity contribution in [3.8, 4) is 0 Å². The summed E-state index contributed by atoms with van der Waals surface area (Å²) in [7, 11) is 3.98. The summed E-state index contributed by atoms with van der Waals surface area (Å²) in [5.74, 6) is 0.529. The SMILES string of the molecule is CN(C)Cc1ccnc([C@H]2CN(C(=O)c3ccccn3)CCO2)n1. The van der Waals surface area contributed by atoms with Crippen molar-refractivity contribution >= 4 is 5.91 Å². The summed E-state index contributed by atoms with van der Waals surface area (Å²) in [5, 5.41) is 0. The lowest BCUT2D eigenvalue weighted by molar-refractivity contribution is -0.0271. The molecule has 1 fully saturated rings. The molecule has 0 radical (unpaired) electrons. The number of rotatable bonds is 4. The molecule has 1 aliphatic heterocycles. The van der Waals surface area contributed by atoms with E-state index in [-0.39, 0.29) is 12.0 Å². The van der Waals surface area contributed by atoms with Crippen molar-refractivity contribution < 1.29 is 9.53 Å². The Kier molecular flexibility index (Phi) is 5.12. The fourth-order valence-corrected chi connectivity index (χ4v) is 2.62. The Labute approximate surface area is 141 Å². The maximum atomic E-state index is 12.5. The second-order valence-electron chi connectivity index (χ2n) is 5.97. The Morgan fingerprint density at radius 3 is 2.92 bits per heavy atom. The van der Waals surface area contributed by atoms with Gasteiger partial charge in [-0.3, -0.25) is 9.78 Å². The third-order valence-electron chi connectivity index (χ3n) is 3.74. The molecule has 2 aromatic rings. The molecule has 1 amide bonds. The Hall–Kier alpha value is -2.38. The van der Waals surface area contributed by atoms with Gasteiger partial charge in [0.15, 0.2) is 5.82 Å². The summed E-state index contributed by atoms with van der Waals surface area (Å²) in [6.45, 7) is 2.17. The predicted octanol–water partition coefficient (Wildman–Crippen LogP) is 1.15. The highest BCUT2D eigenvalue weighted by Crippen LogP contribution is 2.20. The van der Waals surface area contributed by atoms with Crippen molar-refractivity contribution in [3.05, 3.63) is 53.9 Å². The van der Waals surface area contributed by atoms with E-state index < -0.39 is 0 Å². The molecule has 2 aromatic heterocycles. The van der Waals surface area contributed by atoms with Crippen molar-refractivity contribution in [2.45, 2.75) is 12.6 Å². The Bertz CT molecular complexity index is 692. The number of nitrogens with zero attached hydrogens (tertiary/aromatic N) is 5. The molecule has 0 saturated carbocycles. The summed E-state index contributed by atoms with van der Waals surface area (Å²) in [4.78, 5) is 29.4. The van der Waals surface area contributed by atoms with Gasteiger partial charge in [-0.15, -0.1) is 0 Å². The smallest absolute Gasteiger partial charge is 0.272 e. The van der Waals surface area contributed by atoms with Crippen LogP contribution in [0.2, 0.25) is 0 Å². The Morgan fingerprint density at radius 2 is 2.17 bits per heavy atom. The van der Waals surface area contributed by atoms with Crippen LogP contribution in [0.25, 0.3) is 0 Å². The quantitative estimate of drug-likeness (QED) is 0.839. The van der Waals surface area contributed by atoms with Crippen LogP contribution >= 0.6 is 0 Å². The number of carbonyl (C=O) groups is 1. The molecular weight excluding hydrogens is 306 g/mol. The van der Waals surface area contributed by atoms with Gasteiger partial charge in [0.2, 0.25) is 0 Å². The minimum atomic E-state index is -0.312. The number of morpholine rings is 1. The van der Waals surface area contributed by atoms with Crippen molar-refractivity contribution in [3.63, 3.8) is 0 Å². The zero-order valence-corrected chi connectivity index (χ0v) is 13.9. The maximum Gasteiger partial charge on any atom is 0.272 e. The highest BCUT2D eigenvalue weighted by atomic mass is 16.5. The minimum Gasteiger partial charge on any atom is -0.367 e. The average molecular weight is 327 g/mol. The van der Waals surface area contributed by atoms with Gasteiger partial charge in [0.1, 0.15) is 11.8 Å². The molecule has 0 aliphatic carbocycles. The molecular formula is C17H21N5O2. The van der Waals surface area contributed by atoms with Gasteiger partial charge in [-0.2, -0.15) is 0 Å². The van der Waals surface area contributed by atoms with Crippen LogP contribution in [0.4, 0.5) is 0 Å². The first kappa shape index (κ1) is 16.5. The molecule has 0 aromatic carbocycles. The first-order chi connectivity index (χ1) is 11.6. The van der Waals surface area contributed by atoms with Crippen LogP contribution in [0.5, 0.6) is 0 Å². The lowest BCUT2D eigenvalue weighted by Gasteiger charge is -2.32. The van der Waals surface area contributed by atoms with E-state index in [4.69, 9.17) is 4.74 Å². The van der Waals surface area contributed by atoms with E-state index in [0.29, 0.717) is 31.2 Å². The zero-order chi connectivity index (χ0) is 16.9. The van der Waals surface area contributed by atoms with Gasteiger partial charge in [0.05, 0.1) is 18.8 Å². The number of hydrogen-bond donors (Lipinski definition) is 0. The van der Waals surface area contributed by atoms with Gasteiger partial charge in [-0.1, -0.05) is 6.07 Å². The first-order valence-electron chi connectivity index (χ1n) is 7.92. The standard InChI is InChI=1S/C17H21N5O2/c1-21(2)11-13-6-8-19-16(20-13)15-12-22(9-10-24-15)17(23)14-5-3-4-7-18-14/h3-8,15H,9-12H2,1-2H3/t15-/m1/s1. The molecule has 0 spiro atoms. The van der Waals surface area contributed by atoms with E-state index in [1.165, 1.54) is 0 Å². The molecule has 0 bridgehead atoms. The summed E-state index contributed by atoms with van der Waals surface area (Å²) >= 11 is 0. The molecule has 1 aliphatic rings. The molecule has 7 nitrogen and oxygen atoms in total. The highest BCUT2D eigenvalue weighted by Gasteiger charge is 2.28. The number of amides is 1. The molecule has 3 rings (SSSR count). The monoisotopic (exact) mass is 327 g/mol. The van der Waals surface area contributed by atoms with Crippen molar-refractivity contribution in [2.24, 2.45) is 0 Å². The largest absolute Gasteiger partial charge is 0.367 e. The lowest BCUT2D eigenvalue weighted by atomic mass is 10.2. The van der Waals surface area contributed by atoms with Gasteiger partial charge >= 0.3 is 0 Å². The molecule has 0 N–H and O–H groups in total. The molecule has 126 valence electrons. The first-order valence-corrected chi connectivity index (χ1v) is 7.92. The normalized spacial score (nSPS) is 18.0. The van der Waals surface area contributed by atoms with Crippen molar-refractivity contribution in [2.75, 3.05) is 33.8 Å². The third-order valence-corrected chi connectivity index (χ3v) is 3.74. The molecule has 1 atom stereocenters.